The molecule has 0 bridgehead atoms. The quantitative estimate of drug-likeness (QED) is 0.595. The van der Waals surface area contributed by atoms with Gasteiger partial charge in [-0.3, -0.25) is 0 Å². The Morgan fingerprint density at radius 2 is 1.90 bits per heavy atom. The van der Waals surface area contributed by atoms with Crippen molar-refractivity contribution >= 4 is 0 Å². The number of unbranched alkanes of at least 4 members (excludes halogenated alkanes) is 3. The first-order chi connectivity index (χ1) is 10.3. The highest BCUT2D eigenvalue weighted by molar-refractivity contribution is 5.28. The van der Waals surface area contributed by atoms with Gasteiger partial charge in [0.05, 0.1) is 7.11 Å². The summed E-state index contributed by atoms with van der Waals surface area (Å²) >= 11 is 0. The molecule has 1 rings (SSSR count). The van der Waals surface area contributed by atoms with Gasteiger partial charge in [0.15, 0.2) is 0 Å². The molecule has 0 aliphatic rings. The fraction of sp³-hybridized carbons (Fsp3) is 0.667. The highest BCUT2D eigenvalue weighted by atomic mass is 16.5. The fourth-order valence-electron chi connectivity index (χ4n) is 2.45. The molecule has 3 heteroatoms. The molecule has 0 atom stereocenters. The van der Waals surface area contributed by atoms with E-state index in [0.29, 0.717) is 0 Å². The molecule has 0 heterocycles. The van der Waals surface area contributed by atoms with E-state index in [1.54, 1.807) is 7.11 Å². The number of rotatable bonds is 12. The zero-order valence-electron chi connectivity index (χ0n) is 14.0. The Bertz CT molecular complexity index is 368. The molecule has 0 unspecified atom stereocenters. The highest BCUT2D eigenvalue weighted by Crippen LogP contribution is 2.14. The lowest BCUT2D eigenvalue weighted by Crippen LogP contribution is -2.19. The molecular weight excluding hydrogens is 260 g/mol. The fourth-order valence-corrected chi connectivity index (χ4v) is 2.45. The van der Waals surface area contributed by atoms with Crippen LogP contribution < -0.4 is 10.1 Å². The summed E-state index contributed by atoms with van der Waals surface area (Å²) in [6.45, 7) is 6.71. The van der Waals surface area contributed by atoms with Crippen LogP contribution in [0.2, 0.25) is 0 Å². The minimum Gasteiger partial charge on any atom is -0.497 e. The predicted molar refractivity (Wildman–Crippen MR) is 91.0 cm³/mol. The number of hydrogen-bond acceptors (Lipinski definition) is 3. The van der Waals surface area contributed by atoms with Crippen LogP contribution >= 0.6 is 0 Å². The van der Waals surface area contributed by atoms with Crippen LogP contribution in [0, 0.1) is 0 Å². The maximum absolute atomic E-state index is 5.27. The van der Waals surface area contributed by atoms with Gasteiger partial charge in [-0.25, -0.2) is 0 Å². The summed E-state index contributed by atoms with van der Waals surface area (Å²) in [5.74, 6) is 0.945. The zero-order valence-corrected chi connectivity index (χ0v) is 14.0. The van der Waals surface area contributed by atoms with Crippen molar-refractivity contribution in [3.63, 3.8) is 0 Å². The first kappa shape index (κ1) is 18.0. The SMILES string of the molecule is CCCNCCCCCCN(C)Cc1cccc(OC)c1. The lowest BCUT2D eigenvalue weighted by molar-refractivity contribution is 0.316. The standard InChI is InChI=1S/C18H32N2O/c1-4-12-19-13-7-5-6-8-14-20(2)16-17-10-9-11-18(15-17)21-3/h9-11,15,19H,4-8,12-14,16H2,1-3H3. The summed E-state index contributed by atoms with van der Waals surface area (Å²) in [6.07, 6.45) is 6.49. The van der Waals surface area contributed by atoms with E-state index in [2.05, 4.69) is 42.4 Å². The molecule has 0 aliphatic heterocycles. The Morgan fingerprint density at radius 3 is 2.67 bits per heavy atom. The van der Waals surface area contributed by atoms with Gasteiger partial charge >= 0.3 is 0 Å². The third-order valence-corrected chi connectivity index (χ3v) is 3.66. The predicted octanol–water partition coefficient (Wildman–Crippen LogP) is 3.69. The van der Waals surface area contributed by atoms with Crippen molar-refractivity contribution in [3.05, 3.63) is 29.8 Å². The number of benzene rings is 1. The first-order valence-corrected chi connectivity index (χ1v) is 8.28. The van der Waals surface area contributed by atoms with E-state index in [1.165, 1.54) is 50.8 Å². The second-order valence-electron chi connectivity index (χ2n) is 5.75. The molecule has 0 aromatic heterocycles. The average Bonchev–Trinajstić information content (AvgIpc) is 2.50. The molecular formula is C18H32N2O. The normalized spacial score (nSPS) is 11.0. The zero-order chi connectivity index (χ0) is 15.3. The minimum atomic E-state index is 0.945. The van der Waals surface area contributed by atoms with Crippen molar-refractivity contribution in [1.29, 1.82) is 0 Å². The lowest BCUT2D eigenvalue weighted by atomic mass is 10.1. The van der Waals surface area contributed by atoms with Crippen molar-refractivity contribution < 1.29 is 4.74 Å². The second kappa shape index (κ2) is 11.6. The molecule has 0 saturated carbocycles. The Hall–Kier alpha value is -1.06. The average molecular weight is 292 g/mol. The molecule has 1 aromatic carbocycles. The lowest BCUT2D eigenvalue weighted by Gasteiger charge is -2.17. The van der Waals surface area contributed by atoms with Gasteiger partial charge in [0.1, 0.15) is 5.75 Å². The van der Waals surface area contributed by atoms with Crippen LogP contribution in [0.3, 0.4) is 0 Å². The Kier molecular flexibility index (Phi) is 9.92. The summed E-state index contributed by atoms with van der Waals surface area (Å²) < 4.78 is 5.27. The van der Waals surface area contributed by atoms with E-state index < -0.39 is 0 Å². The van der Waals surface area contributed by atoms with Gasteiger partial charge in [-0.05, 0) is 63.6 Å². The van der Waals surface area contributed by atoms with Gasteiger partial charge in [0.2, 0.25) is 0 Å². The summed E-state index contributed by atoms with van der Waals surface area (Å²) in [4.78, 5) is 2.39. The van der Waals surface area contributed by atoms with Crippen LogP contribution in [0.1, 0.15) is 44.6 Å². The Morgan fingerprint density at radius 1 is 1.10 bits per heavy atom. The highest BCUT2D eigenvalue weighted by Gasteiger charge is 2.01. The van der Waals surface area contributed by atoms with Crippen LogP contribution in [-0.2, 0) is 6.54 Å². The smallest absolute Gasteiger partial charge is 0.119 e. The molecule has 0 saturated heterocycles. The third kappa shape index (κ3) is 8.74. The summed E-state index contributed by atoms with van der Waals surface area (Å²) in [7, 11) is 3.92. The van der Waals surface area contributed by atoms with Crippen molar-refractivity contribution in [2.45, 2.75) is 45.6 Å². The van der Waals surface area contributed by atoms with Gasteiger partial charge in [-0.2, -0.15) is 0 Å². The largest absolute Gasteiger partial charge is 0.497 e. The van der Waals surface area contributed by atoms with Crippen LogP contribution in [-0.4, -0.2) is 38.7 Å². The molecule has 0 aliphatic carbocycles. The van der Waals surface area contributed by atoms with Gasteiger partial charge in [0.25, 0.3) is 0 Å². The maximum Gasteiger partial charge on any atom is 0.119 e. The monoisotopic (exact) mass is 292 g/mol. The molecule has 1 N–H and O–H groups in total. The molecule has 0 radical (unpaired) electrons. The van der Waals surface area contributed by atoms with E-state index in [9.17, 15) is 0 Å². The van der Waals surface area contributed by atoms with Gasteiger partial charge in [-0.1, -0.05) is 31.9 Å². The number of nitrogens with zero attached hydrogens (tertiary/aromatic N) is 1. The van der Waals surface area contributed by atoms with E-state index in [4.69, 9.17) is 4.74 Å². The van der Waals surface area contributed by atoms with Gasteiger partial charge < -0.3 is 15.0 Å². The first-order valence-electron chi connectivity index (χ1n) is 8.28. The van der Waals surface area contributed by atoms with Crippen molar-refractivity contribution in [2.75, 3.05) is 33.8 Å². The molecule has 0 amide bonds. The number of methoxy groups -OCH3 is 1. The maximum atomic E-state index is 5.27. The second-order valence-corrected chi connectivity index (χ2v) is 5.75. The summed E-state index contributed by atoms with van der Waals surface area (Å²) in [5, 5.41) is 3.46. The number of nitrogens with one attached hydrogen (secondary N) is 1. The Labute approximate surface area is 130 Å². The summed E-state index contributed by atoms with van der Waals surface area (Å²) in [5.41, 5.74) is 1.32. The number of ether oxygens (including phenoxy) is 1. The molecule has 21 heavy (non-hydrogen) atoms. The van der Waals surface area contributed by atoms with Crippen molar-refractivity contribution in [1.82, 2.24) is 10.2 Å². The van der Waals surface area contributed by atoms with Gasteiger partial charge in [0, 0.05) is 6.54 Å². The van der Waals surface area contributed by atoms with E-state index >= 15 is 0 Å². The minimum absolute atomic E-state index is 0.945. The van der Waals surface area contributed by atoms with Crippen LogP contribution in [0.5, 0.6) is 5.75 Å². The topological polar surface area (TPSA) is 24.5 Å². The molecule has 3 nitrogen and oxygen atoms in total. The van der Waals surface area contributed by atoms with Crippen molar-refractivity contribution in [2.24, 2.45) is 0 Å². The van der Waals surface area contributed by atoms with Crippen LogP contribution in [0.25, 0.3) is 0 Å². The van der Waals surface area contributed by atoms with Gasteiger partial charge in [-0.15, -0.1) is 0 Å². The Balaban J connectivity index is 2.07. The molecule has 0 fully saturated rings. The van der Waals surface area contributed by atoms with E-state index in [1.807, 2.05) is 6.07 Å². The molecule has 0 spiro atoms. The van der Waals surface area contributed by atoms with Crippen LogP contribution in [0.15, 0.2) is 24.3 Å². The molecule has 120 valence electrons. The molecule has 1 aromatic rings. The van der Waals surface area contributed by atoms with E-state index in [-0.39, 0.29) is 0 Å². The van der Waals surface area contributed by atoms with E-state index in [0.717, 1.165) is 18.8 Å². The summed E-state index contributed by atoms with van der Waals surface area (Å²) in [6, 6.07) is 8.34. The number of hydrogen-bond donors (Lipinski definition) is 1. The van der Waals surface area contributed by atoms with Crippen molar-refractivity contribution in [3.8, 4) is 5.75 Å². The van der Waals surface area contributed by atoms with Crippen LogP contribution in [0.4, 0.5) is 0 Å². The third-order valence-electron chi connectivity index (χ3n) is 3.66.